The van der Waals surface area contributed by atoms with Crippen molar-refractivity contribution >= 4 is 34.8 Å². The molecular formula is C10H12ClN3O3S. The molecule has 6 nitrogen and oxygen atoms in total. The third-order valence-corrected chi connectivity index (χ3v) is 3.83. The number of methoxy groups -OCH3 is 1. The predicted octanol–water partition coefficient (Wildman–Crippen LogP) is 1.36. The lowest BCUT2D eigenvalue weighted by Crippen LogP contribution is -2.48. The van der Waals surface area contributed by atoms with Gasteiger partial charge in [-0.3, -0.25) is 4.79 Å². The van der Waals surface area contributed by atoms with Crippen molar-refractivity contribution in [3.8, 4) is 0 Å². The van der Waals surface area contributed by atoms with Crippen LogP contribution in [0, 0.1) is 0 Å². The van der Waals surface area contributed by atoms with Crippen molar-refractivity contribution in [3.63, 3.8) is 0 Å². The van der Waals surface area contributed by atoms with Crippen molar-refractivity contribution in [2.75, 3.05) is 13.7 Å². The zero-order chi connectivity index (χ0) is 13.1. The molecule has 1 fully saturated rings. The summed E-state index contributed by atoms with van der Waals surface area (Å²) in [6, 6.07) is -0.529. The van der Waals surface area contributed by atoms with Crippen molar-refractivity contribution in [2.45, 2.75) is 25.3 Å². The average molecular weight is 290 g/mol. The molecule has 0 aliphatic carbocycles. The maximum atomic E-state index is 12.2. The Kier molecular flexibility index (Phi) is 4.13. The van der Waals surface area contributed by atoms with Crippen LogP contribution < -0.4 is 0 Å². The molecule has 8 heteroatoms. The summed E-state index contributed by atoms with van der Waals surface area (Å²) >= 11 is 6.66. The van der Waals surface area contributed by atoms with Crippen molar-refractivity contribution in [1.82, 2.24) is 15.1 Å². The van der Waals surface area contributed by atoms with Gasteiger partial charge in [0, 0.05) is 6.54 Å². The Hall–Kier alpha value is -1.21. The molecule has 98 valence electrons. The van der Waals surface area contributed by atoms with E-state index in [-0.39, 0.29) is 15.4 Å². The quantitative estimate of drug-likeness (QED) is 0.769. The number of ether oxygens (including phenoxy) is 1. The minimum Gasteiger partial charge on any atom is -0.467 e. The van der Waals surface area contributed by atoms with Crippen LogP contribution in [0.1, 0.15) is 29.1 Å². The summed E-state index contributed by atoms with van der Waals surface area (Å²) in [5.74, 6) is -0.701. The topological polar surface area (TPSA) is 72.4 Å². The standard InChI is InChI=1S/C10H12ClN3O3S/c1-17-9(16)6-4-2-3-5-14(6)8(15)7-12-13-10(11)18-7/h6H,2-5H2,1H3. The number of likely N-dealkylation sites (tertiary alicyclic amines) is 1. The monoisotopic (exact) mass is 289 g/mol. The van der Waals surface area contributed by atoms with Gasteiger partial charge in [0.2, 0.25) is 9.47 Å². The maximum absolute atomic E-state index is 12.2. The van der Waals surface area contributed by atoms with Gasteiger partial charge in [-0.15, -0.1) is 10.2 Å². The molecule has 0 N–H and O–H groups in total. The van der Waals surface area contributed by atoms with Gasteiger partial charge in [0.25, 0.3) is 5.91 Å². The first-order valence-corrected chi connectivity index (χ1v) is 6.70. The van der Waals surface area contributed by atoms with Gasteiger partial charge in [0.1, 0.15) is 6.04 Å². The summed E-state index contributed by atoms with van der Waals surface area (Å²) in [6.07, 6.45) is 2.39. The second-order valence-corrected chi connectivity index (χ2v) is 5.45. The highest BCUT2D eigenvalue weighted by Crippen LogP contribution is 2.23. The molecule has 0 bridgehead atoms. The lowest BCUT2D eigenvalue weighted by atomic mass is 10.0. The van der Waals surface area contributed by atoms with E-state index >= 15 is 0 Å². The third-order valence-electron chi connectivity index (χ3n) is 2.82. The molecule has 1 atom stereocenters. The van der Waals surface area contributed by atoms with E-state index in [0.717, 1.165) is 24.2 Å². The van der Waals surface area contributed by atoms with E-state index in [1.807, 2.05) is 0 Å². The van der Waals surface area contributed by atoms with Crippen LogP contribution in [0.25, 0.3) is 0 Å². The van der Waals surface area contributed by atoms with Gasteiger partial charge in [-0.05, 0) is 30.9 Å². The van der Waals surface area contributed by atoms with E-state index < -0.39 is 12.0 Å². The smallest absolute Gasteiger partial charge is 0.328 e. The molecule has 1 amide bonds. The Labute approximate surface area is 113 Å². The number of carbonyl (C=O) groups is 2. The first-order chi connectivity index (χ1) is 8.63. The molecule has 2 rings (SSSR count). The lowest BCUT2D eigenvalue weighted by molar-refractivity contribution is -0.147. The van der Waals surface area contributed by atoms with Crippen LogP contribution in [0.2, 0.25) is 4.47 Å². The lowest BCUT2D eigenvalue weighted by Gasteiger charge is -2.32. The van der Waals surface area contributed by atoms with Crippen LogP contribution in [0.3, 0.4) is 0 Å². The molecular weight excluding hydrogens is 278 g/mol. The first-order valence-electron chi connectivity index (χ1n) is 5.51. The third kappa shape index (κ3) is 2.62. The Morgan fingerprint density at radius 1 is 1.44 bits per heavy atom. The minimum atomic E-state index is -0.529. The summed E-state index contributed by atoms with van der Waals surface area (Å²) in [5, 5.41) is 7.50. The van der Waals surface area contributed by atoms with Gasteiger partial charge in [-0.2, -0.15) is 0 Å². The van der Waals surface area contributed by atoms with Crippen molar-refractivity contribution in [1.29, 1.82) is 0 Å². The van der Waals surface area contributed by atoms with E-state index in [1.165, 1.54) is 12.0 Å². The Balaban J connectivity index is 2.18. The molecule has 1 unspecified atom stereocenters. The molecule has 0 saturated carbocycles. The van der Waals surface area contributed by atoms with Gasteiger partial charge >= 0.3 is 5.97 Å². The van der Waals surface area contributed by atoms with Crippen molar-refractivity contribution < 1.29 is 14.3 Å². The fourth-order valence-electron chi connectivity index (χ4n) is 1.97. The van der Waals surface area contributed by atoms with Crippen LogP contribution >= 0.6 is 22.9 Å². The zero-order valence-corrected chi connectivity index (χ0v) is 11.3. The molecule has 0 spiro atoms. The summed E-state index contributed by atoms with van der Waals surface area (Å²) in [5.41, 5.74) is 0. The second-order valence-electron chi connectivity index (χ2n) is 3.89. The molecule has 0 radical (unpaired) electrons. The average Bonchev–Trinajstić information content (AvgIpc) is 2.83. The fourth-order valence-corrected chi connectivity index (χ4v) is 2.75. The van der Waals surface area contributed by atoms with Crippen LogP contribution in [-0.2, 0) is 9.53 Å². The maximum Gasteiger partial charge on any atom is 0.328 e. The number of rotatable bonds is 2. The molecule has 0 aromatic carbocycles. The molecule has 1 aromatic heterocycles. The predicted molar refractivity (Wildman–Crippen MR) is 65.6 cm³/mol. The molecule has 18 heavy (non-hydrogen) atoms. The number of esters is 1. The number of halogens is 1. The van der Waals surface area contributed by atoms with E-state index in [0.29, 0.717) is 13.0 Å². The Bertz CT molecular complexity index is 465. The number of nitrogens with zero attached hydrogens (tertiary/aromatic N) is 3. The SMILES string of the molecule is COC(=O)C1CCCCN1C(=O)c1nnc(Cl)s1. The normalized spacial score (nSPS) is 19.7. The zero-order valence-electron chi connectivity index (χ0n) is 9.76. The number of aromatic nitrogens is 2. The largest absolute Gasteiger partial charge is 0.467 e. The number of hydrogen-bond donors (Lipinski definition) is 0. The number of carbonyl (C=O) groups excluding carboxylic acids is 2. The van der Waals surface area contributed by atoms with Gasteiger partial charge < -0.3 is 9.64 Å². The molecule has 1 saturated heterocycles. The molecule has 1 aromatic rings. The van der Waals surface area contributed by atoms with E-state index in [9.17, 15) is 9.59 Å². The van der Waals surface area contributed by atoms with Crippen LogP contribution in [0.4, 0.5) is 0 Å². The van der Waals surface area contributed by atoms with Gasteiger partial charge in [-0.25, -0.2) is 4.79 Å². The van der Waals surface area contributed by atoms with Gasteiger partial charge in [-0.1, -0.05) is 11.3 Å². The molecule has 2 heterocycles. The van der Waals surface area contributed by atoms with E-state index in [4.69, 9.17) is 16.3 Å². The Morgan fingerprint density at radius 2 is 2.22 bits per heavy atom. The van der Waals surface area contributed by atoms with Gasteiger partial charge in [0.05, 0.1) is 7.11 Å². The summed E-state index contributed by atoms with van der Waals surface area (Å²) in [6.45, 7) is 0.524. The highest BCUT2D eigenvalue weighted by Gasteiger charge is 2.34. The van der Waals surface area contributed by atoms with Crippen LogP contribution in [-0.4, -0.2) is 46.7 Å². The summed E-state index contributed by atoms with van der Waals surface area (Å²) < 4.78 is 4.93. The first kappa shape index (κ1) is 13.2. The molecule has 1 aliphatic rings. The summed E-state index contributed by atoms with van der Waals surface area (Å²) in [4.78, 5) is 25.3. The van der Waals surface area contributed by atoms with E-state index in [1.54, 1.807) is 0 Å². The fraction of sp³-hybridized carbons (Fsp3) is 0.600. The second kappa shape index (κ2) is 5.62. The van der Waals surface area contributed by atoms with E-state index in [2.05, 4.69) is 10.2 Å². The number of piperidine rings is 1. The molecule has 1 aliphatic heterocycles. The van der Waals surface area contributed by atoms with Crippen LogP contribution in [0.15, 0.2) is 0 Å². The summed E-state index contributed by atoms with van der Waals surface area (Å²) in [7, 11) is 1.32. The number of hydrogen-bond acceptors (Lipinski definition) is 6. The van der Waals surface area contributed by atoms with Crippen molar-refractivity contribution in [3.05, 3.63) is 9.47 Å². The number of amides is 1. The Morgan fingerprint density at radius 3 is 2.83 bits per heavy atom. The minimum absolute atomic E-state index is 0.204. The van der Waals surface area contributed by atoms with Crippen LogP contribution in [0.5, 0.6) is 0 Å². The highest BCUT2D eigenvalue weighted by atomic mass is 35.5. The highest BCUT2D eigenvalue weighted by molar-refractivity contribution is 7.17. The van der Waals surface area contributed by atoms with Crippen molar-refractivity contribution in [2.24, 2.45) is 0 Å². The van der Waals surface area contributed by atoms with Gasteiger partial charge in [0.15, 0.2) is 0 Å².